The van der Waals surface area contributed by atoms with Crippen LogP contribution >= 0.6 is 0 Å². The second kappa shape index (κ2) is 6.67. The summed E-state index contributed by atoms with van der Waals surface area (Å²) in [6, 6.07) is 3.68. The lowest BCUT2D eigenvalue weighted by molar-refractivity contribution is -0.136. The third-order valence-corrected chi connectivity index (χ3v) is 4.74. The predicted molar refractivity (Wildman–Crippen MR) is 93.2 cm³/mol. The van der Waals surface area contributed by atoms with Crippen LogP contribution in [0.15, 0.2) is 24.5 Å². The van der Waals surface area contributed by atoms with E-state index in [1.807, 2.05) is 17.0 Å². The summed E-state index contributed by atoms with van der Waals surface area (Å²) in [4.78, 5) is 21.6. The van der Waals surface area contributed by atoms with Crippen LogP contribution in [0.3, 0.4) is 0 Å². The van der Waals surface area contributed by atoms with Gasteiger partial charge in [-0.3, -0.25) is 4.79 Å². The lowest BCUT2D eigenvalue weighted by Gasteiger charge is -2.20. The summed E-state index contributed by atoms with van der Waals surface area (Å²) in [5.74, 6) is 0.109. The van der Waals surface area contributed by atoms with E-state index in [4.69, 9.17) is 0 Å². The topological polar surface area (TPSA) is 86.8 Å². The molecule has 0 radical (unpaired) electrons. The first kappa shape index (κ1) is 17.5. The minimum Gasteiger partial charge on any atom is -0.357 e. The van der Waals surface area contributed by atoms with Gasteiger partial charge in [0, 0.05) is 37.4 Å². The number of pyridine rings is 1. The van der Waals surface area contributed by atoms with Crippen molar-refractivity contribution < 1.29 is 18.0 Å². The number of hydrogen-bond acceptors (Lipinski definition) is 5. The van der Waals surface area contributed by atoms with E-state index in [0.29, 0.717) is 30.7 Å². The van der Waals surface area contributed by atoms with Gasteiger partial charge in [0.1, 0.15) is 5.82 Å². The number of aromatic amines is 1. The molecule has 1 unspecified atom stereocenters. The second-order valence-corrected chi connectivity index (χ2v) is 6.56. The first-order valence-corrected chi connectivity index (χ1v) is 8.60. The van der Waals surface area contributed by atoms with Gasteiger partial charge in [0.2, 0.25) is 5.91 Å². The first-order valence-electron chi connectivity index (χ1n) is 8.60. The number of rotatable bonds is 4. The van der Waals surface area contributed by atoms with Crippen molar-refractivity contribution in [3.05, 3.63) is 24.5 Å². The molecular weight excluding hydrogens is 361 g/mol. The number of amides is 1. The van der Waals surface area contributed by atoms with Gasteiger partial charge in [0.25, 0.3) is 0 Å². The highest BCUT2D eigenvalue weighted by molar-refractivity contribution is 6.08. The molecule has 0 saturated carbocycles. The number of alkyl halides is 3. The number of carbonyl (C=O) groups excluding carboxylic acids is 1. The summed E-state index contributed by atoms with van der Waals surface area (Å²) in [6.45, 7) is 0.644. The van der Waals surface area contributed by atoms with Crippen molar-refractivity contribution in [2.45, 2.75) is 19.0 Å². The van der Waals surface area contributed by atoms with E-state index in [-0.39, 0.29) is 11.8 Å². The number of nitrogens with zero attached hydrogens (tertiary/aromatic N) is 4. The highest BCUT2D eigenvalue weighted by atomic mass is 19.4. The zero-order chi connectivity index (χ0) is 19.0. The van der Waals surface area contributed by atoms with Crippen LogP contribution in [0.4, 0.5) is 19.0 Å². The fourth-order valence-electron chi connectivity index (χ4n) is 3.43. The molecule has 27 heavy (non-hydrogen) atoms. The monoisotopic (exact) mass is 378 g/mol. The van der Waals surface area contributed by atoms with E-state index in [1.165, 1.54) is 0 Å². The number of hydrogen-bond donors (Lipinski definition) is 2. The van der Waals surface area contributed by atoms with Crippen LogP contribution in [0.5, 0.6) is 0 Å². The molecule has 142 valence electrons. The maximum atomic E-state index is 12.2. The molecule has 3 aromatic heterocycles. The highest BCUT2D eigenvalue weighted by Gasteiger charge is 2.31. The van der Waals surface area contributed by atoms with Gasteiger partial charge in [0.05, 0.1) is 23.2 Å². The minimum absolute atomic E-state index is 0.345. The number of carbonyl (C=O) groups is 1. The summed E-state index contributed by atoms with van der Waals surface area (Å²) in [5.41, 5.74) is 1.26. The molecule has 0 aliphatic carbocycles. The molecule has 3 aromatic rings. The SMILES string of the molecule is O=C(NCCC(F)(F)F)C1CCN(c2[nH]ccc3nnc4nccc4c23)C1. The van der Waals surface area contributed by atoms with E-state index >= 15 is 0 Å². The van der Waals surface area contributed by atoms with Crippen LogP contribution in [0, 0.1) is 5.92 Å². The van der Waals surface area contributed by atoms with Crippen LogP contribution in [-0.4, -0.2) is 51.9 Å². The Labute approximate surface area is 152 Å². The quantitative estimate of drug-likeness (QED) is 0.728. The first-order chi connectivity index (χ1) is 12.9. The molecule has 0 bridgehead atoms. The molecule has 1 aliphatic rings. The van der Waals surface area contributed by atoms with Crippen molar-refractivity contribution in [1.29, 1.82) is 0 Å². The molecule has 4 heterocycles. The zero-order valence-corrected chi connectivity index (χ0v) is 14.3. The van der Waals surface area contributed by atoms with Crippen molar-refractivity contribution in [3.63, 3.8) is 0 Å². The number of aromatic nitrogens is 4. The Morgan fingerprint density at radius 1 is 1.33 bits per heavy atom. The van der Waals surface area contributed by atoms with E-state index in [2.05, 4.69) is 25.5 Å². The van der Waals surface area contributed by atoms with Crippen LogP contribution < -0.4 is 10.2 Å². The molecule has 1 atom stereocenters. The van der Waals surface area contributed by atoms with E-state index in [1.54, 1.807) is 12.4 Å². The van der Waals surface area contributed by atoms with Crippen LogP contribution in [0.25, 0.3) is 21.9 Å². The molecule has 1 fully saturated rings. The van der Waals surface area contributed by atoms with E-state index in [0.717, 1.165) is 16.6 Å². The van der Waals surface area contributed by atoms with Crippen molar-refractivity contribution in [2.24, 2.45) is 5.92 Å². The molecule has 0 spiro atoms. The Morgan fingerprint density at radius 3 is 3.00 bits per heavy atom. The Balaban J connectivity index is 1.52. The van der Waals surface area contributed by atoms with Gasteiger partial charge in [-0.2, -0.15) is 13.2 Å². The van der Waals surface area contributed by atoms with Gasteiger partial charge in [-0.15, -0.1) is 10.2 Å². The number of halogens is 3. The maximum absolute atomic E-state index is 12.2. The Bertz CT molecular complexity index is 986. The van der Waals surface area contributed by atoms with Crippen molar-refractivity contribution in [3.8, 4) is 0 Å². The number of anilines is 1. The lowest BCUT2D eigenvalue weighted by atomic mass is 10.1. The fourth-order valence-corrected chi connectivity index (χ4v) is 3.43. The third kappa shape index (κ3) is 3.51. The number of nitrogens with one attached hydrogen (secondary N) is 2. The Morgan fingerprint density at radius 2 is 2.19 bits per heavy atom. The molecule has 1 aliphatic heterocycles. The van der Waals surface area contributed by atoms with E-state index in [9.17, 15) is 18.0 Å². The Kier molecular flexibility index (Phi) is 4.33. The van der Waals surface area contributed by atoms with Crippen molar-refractivity contribution in [2.75, 3.05) is 24.5 Å². The van der Waals surface area contributed by atoms with Gasteiger partial charge < -0.3 is 15.2 Å². The molecule has 10 heteroatoms. The molecular formula is C17H17F3N6O. The van der Waals surface area contributed by atoms with Crippen LogP contribution in [0.1, 0.15) is 12.8 Å². The van der Waals surface area contributed by atoms with Gasteiger partial charge in [-0.25, -0.2) is 4.98 Å². The number of fused-ring (bicyclic) bond motifs is 3. The van der Waals surface area contributed by atoms with Crippen molar-refractivity contribution >= 4 is 33.7 Å². The molecule has 1 saturated heterocycles. The normalized spacial score (nSPS) is 17.7. The molecule has 4 rings (SSSR count). The van der Waals surface area contributed by atoms with Crippen LogP contribution in [0.2, 0.25) is 0 Å². The smallest absolute Gasteiger partial charge is 0.357 e. The summed E-state index contributed by atoms with van der Waals surface area (Å²) in [5, 5.41) is 12.4. The lowest BCUT2D eigenvalue weighted by Crippen LogP contribution is -2.35. The Hall–Kier alpha value is -2.91. The average molecular weight is 378 g/mol. The summed E-state index contributed by atoms with van der Waals surface area (Å²) < 4.78 is 36.7. The predicted octanol–water partition coefficient (Wildman–Crippen LogP) is 2.40. The van der Waals surface area contributed by atoms with Crippen molar-refractivity contribution in [1.82, 2.24) is 25.5 Å². The highest BCUT2D eigenvalue weighted by Crippen LogP contribution is 2.32. The summed E-state index contributed by atoms with van der Waals surface area (Å²) >= 11 is 0. The minimum atomic E-state index is -4.27. The van der Waals surface area contributed by atoms with Gasteiger partial charge in [-0.05, 0) is 18.6 Å². The van der Waals surface area contributed by atoms with E-state index < -0.39 is 19.1 Å². The maximum Gasteiger partial charge on any atom is 0.390 e. The summed E-state index contributed by atoms with van der Waals surface area (Å²) in [6.07, 6.45) is -1.30. The standard InChI is InChI=1S/C17H17F3N6O/c18-17(19,20)4-7-23-16(27)10-3-8-26(9-10)15-13-11-1-5-21-14(11)25-24-12(13)2-6-22-15/h1-2,5-6,10,22H,3-4,7-9H2,(H,23,27). The second-order valence-electron chi connectivity index (χ2n) is 6.56. The molecule has 1 amide bonds. The number of H-pyrrole nitrogens is 1. The van der Waals surface area contributed by atoms with Gasteiger partial charge >= 0.3 is 6.18 Å². The third-order valence-electron chi connectivity index (χ3n) is 4.74. The van der Waals surface area contributed by atoms with Crippen LogP contribution in [-0.2, 0) is 4.79 Å². The molecule has 2 N–H and O–H groups in total. The molecule has 7 nitrogen and oxygen atoms in total. The average Bonchev–Trinajstić information content (AvgIpc) is 3.29. The zero-order valence-electron chi connectivity index (χ0n) is 14.3. The summed E-state index contributed by atoms with van der Waals surface area (Å²) in [7, 11) is 0. The van der Waals surface area contributed by atoms with Gasteiger partial charge in [-0.1, -0.05) is 0 Å². The van der Waals surface area contributed by atoms with Gasteiger partial charge in [0.15, 0.2) is 5.65 Å². The molecule has 0 aromatic carbocycles. The largest absolute Gasteiger partial charge is 0.390 e. The fraction of sp³-hybridized carbons (Fsp3) is 0.412.